The number of rotatable bonds is 3. The maximum absolute atomic E-state index is 11.3. The third kappa shape index (κ3) is 16.4. The van der Waals surface area contributed by atoms with Gasteiger partial charge in [0.25, 0.3) is 10.1 Å². The van der Waals surface area contributed by atoms with Crippen LogP contribution in [0.5, 0.6) is 0 Å². The molecule has 10 nitrogen and oxygen atoms in total. The smallest absolute Gasteiger partial charge is 0.618 e. The van der Waals surface area contributed by atoms with Gasteiger partial charge in [0.1, 0.15) is 0 Å². The Morgan fingerprint density at radius 3 is 1.16 bits per heavy atom. The number of hydrogen-bond acceptors (Lipinski definition) is 10. The van der Waals surface area contributed by atoms with Crippen molar-refractivity contribution in [2.75, 3.05) is 0 Å². The second-order valence-electron chi connectivity index (χ2n) is 3.27. The average Bonchev–Trinajstić information content (AvgIpc) is 2.47. The normalized spacial score (nSPS) is 9.44. The molecule has 0 amide bonds. The standard InChI is InChI=1S/C10H8N2O2S2.Ba.2ClO3/c13-11-7-3-1-5-9(11)15-16-10-6-2-4-8-12(10)14;;2*2-1(3)4/h1-8H;;;/q;+2;2*-1. The van der Waals surface area contributed by atoms with Gasteiger partial charge in [-0.3, -0.25) is 0 Å². The fourth-order valence-electron chi connectivity index (χ4n) is 1.04. The van der Waals surface area contributed by atoms with Crippen LogP contribution < -0.4 is 37.4 Å². The summed E-state index contributed by atoms with van der Waals surface area (Å²) in [7, 11) is -3.18. The van der Waals surface area contributed by atoms with Crippen molar-refractivity contribution in [2.45, 2.75) is 10.1 Å². The topological polar surface area (TPSA) is 192 Å². The third-order valence-corrected chi connectivity index (χ3v) is 4.12. The van der Waals surface area contributed by atoms with Gasteiger partial charge in [0.2, 0.25) is 0 Å². The predicted octanol–water partition coefficient (Wildman–Crippen LogP) is -5.76. The van der Waals surface area contributed by atoms with Gasteiger partial charge in [-0.1, -0.05) is 0 Å². The molecule has 0 N–H and O–H groups in total. The van der Waals surface area contributed by atoms with Crippen molar-refractivity contribution in [1.29, 1.82) is 0 Å². The van der Waals surface area contributed by atoms with Gasteiger partial charge in [-0.25, -0.2) is 0 Å². The van der Waals surface area contributed by atoms with Crippen molar-refractivity contribution < 1.29 is 59.0 Å². The van der Waals surface area contributed by atoms with Gasteiger partial charge in [-0.2, -0.15) is 9.46 Å². The number of hydrogen-bond donors (Lipinski definition) is 0. The summed E-state index contributed by atoms with van der Waals surface area (Å²) in [4.78, 5) is 0. The van der Waals surface area contributed by atoms with Crippen LogP contribution in [0.3, 0.4) is 0 Å². The molecule has 2 heterocycles. The molecule has 0 fully saturated rings. The van der Waals surface area contributed by atoms with Crippen LogP contribution in [0, 0.1) is 32.0 Å². The van der Waals surface area contributed by atoms with Crippen LogP contribution in [-0.4, -0.2) is 48.9 Å². The first-order valence-electron chi connectivity index (χ1n) is 5.41. The summed E-state index contributed by atoms with van der Waals surface area (Å²) in [6.45, 7) is 0. The Labute approximate surface area is 196 Å². The van der Waals surface area contributed by atoms with Crippen LogP contribution in [0.15, 0.2) is 58.8 Å². The molecule has 0 aliphatic rings. The van der Waals surface area contributed by atoms with E-state index in [-0.39, 0.29) is 48.9 Å². The number of aromatic nitrogens is 2. The maximum Gasteiger partial charge on any atom is 2.00 e. The summed E-state index contributed by atoms with van der Waals surface area (Å²) in [6, 6.07) is 10.3. The Bertz CT molecular complexity index is 545. The SMILES string of the molecule is [Ba+2].[O-][Cl+2]([O-])[O-].[O-][Cl+2]([O-])[O-].[O-][n+]1ccccc1SSc1cccc[n+]1[O-]. The fourth-order valence-corrected chi connectivity index (χ4v) is 3.03. The van der Waals surface area contributed by atoms with Gasteiger partial charge in [0, 0.05) is 45.9 Å². The summed E-state index contributed by atoms with van der Waals surface area (Å²) in [5, 5.41) is 23.8. The molecular weight excluding hydrogens is 548 g/mol. The van der Waals surface area contributed by atoms with Crippen molar-refractivity contribution >= 4 is 70.5 Å². The molecule has 2 aromatic rings. The predicted molar refractivity (Wildman–Crippen MR) is 68.3 cm³/mol. The largest absolute Gasteiger partial charge is 2.00 e. The van der Waals surface area contributed by atoms with Crippen LogP contribution in [0.2, 0.25) is 0 Å². The van der Waals surface area contributed by atoms with E-state index in [1.807, 2.05) is 0 Å². The summed E-state index contributed by atoms with van der Waals surface area (Å²) < 4.78 is 52.0. The zero-order valence-electron chi connectivity index (χ0n) is 12.1. The van der Waals surface area contributed by atoms with Crippen molar-refractivity contribution in [3.63, 3.8) is 0 Å². The molecule has 0 aliphatic carbocycles. The molecule has 0 bridgehead atoms. The second-order valence-corrected chi connectivity index (χ2v) is 6.20. The van der Waals surface area contributed by atoms with Crippen molar-refractivity contribution in [1.82, 2.24) is 0 Å². The van der Waals surface area contributed by atoms with E-state index < -0.39 is 21.6 Å². The molecular formula is C10H8BaCl2N2O8S2. The van der Waals surface area contributed by atoms with E-state index in [1.54, 1.807) is 36.4 Å². The van der Waals surface area contributed by atoms with E-state index >= 15 is 0 Å². The number of halogens is 2. The first-order chi connectivity index (χ1) is 11.2. The first-order valence-corrected chi connectivity index (χ1v) is 9.41. The Morgan fingerprint density at radius 1 is 0.640 bits per heavy atom. The van der Waals surface area contributed by atoms with Crippen molar-refractivity contribution in [3.8, 4) is 0 Å². The zero-order chi connectivity index (χ0) is 18.5. The van der Waals surface area contributed by atoms with Gasteiger partial charge < -0.3 is 38.4 Å². The van der Waals surface area contributed by atoms with Crippen molar-refractivity contribution in [3.05, 3.63) is 59.2 Å². The van der Waals surface area contributed by atoms with Gasteiger partial charge >= 0.3 is 48.9 Å². The molecule has 0 radical (unpaired) electrons. The molecule has 0 aromatic carbocycles. The molecule has 2 rings (SSSR count). The van der Waals surface area contributed by atoms with Crippen LogP contribution in [-0.2, 0) is 0 Å². The summed E-state index contributed by atoms with van der Waals surface area (Å²) >= 11 is 0. The number of nitrogens with zero attached hydrogens (tertiary/aromatic N) is 2. The molecule has 15 heteroatoms. The molecule has 0 saturated carbocycles. The molecule has 0 spiro atoms. The van der Waals surface area contributed by atoms with Gasteiger partial charge in [0.05, 0.1) is 21.6 Å². The minimum Gasteiger partial charge on any atom is -0.618 e. The summed E-state index contributed by atoms with van der Waals surface area (Å²) in [6.07, 6.45) is 2.86. The Morgan fingerprint density at radius 2 is 0.920 bits per heavy atom. The van der Waals surface area contributed by atoms with Gasteiger partial charge in [-0.05, 0) is 12.1 Å². The molecule has 0 unspecified atom stereocenters. The van der Waals surface area contributed by atoms with E-state index in [2.05, 4.69) is 0 Å². The fraction of sp³-hybridized carbons (Fsp3) is 0. The van der Waals surface area contributed by atoms with E-state index in [9.17, 15) is 10.4 Å². The van der Waals surface area contributed by atoms with Gasteiger partial charge in [0.15, 0.2) is 12.4 Å². The average molecular weight is 557 g/mol. The van der Waals surface area contributed by atoms with Crippen LogP contribution in [0.4, 0.5) is 0 Å². The van der Waals surface area contributed by atoms with Gasteiger partial charge in [-0.15, -0.1) is 0 Å². The molecule has 134 valence electrons. The Balaban J connectivity index is 0. The quantitative estimate of drug-likeness (QED) is 0.152. The van der Waals surface area contributed by atoms with Crippen molar-refractivity contribution in [2.24, 2.45) is 0 Å². The molecule has 0 atom stereocenters. The number of pyridine rings is 2. The minimum atomic E-state index is -2.85. The Kier molecular flexibility index (Phi) is 18.5. The van der Waals surface area contributed by atoms with Crippen LogP contribution in [0.1, 0.15) is 0 Å². The molecule has 0 saturated heterocycles. The summed E-state index contributed by atoms with van der Waals surface area (Å²) in [5.74, 6) is 0. The molecule has 2 aromatic heterocycles. The second kappa shape index (κ2) is 16.7. The molecule has 25 heavy (non-hydrogen) atoms. The van der Waals surface area contributed by atoms with Crippen LogP contribution >= 0.6 is 21.6 Å². The zero-order valence-corrected chi connectivity index (χ0v) is 19.6. The maximum atomic E-state index is 11.3. The van der Waals surface area contributed by atoms with E-state index in [0.29, 0.717) is 10.1 Å². The molecule has 0 aliphatic heterocycles. The Hall–Kier alpha value is 0.511. The minimum absolute atomic E-state index is 0. The first kappa shape index (κ1) is 27.7. The van der Waals surface area contributed by atoms with E-state index in [0.717, 1.165) is 9.46 Å². The third-order valence-electron chi connectivity index (χ3n) is 1.79. The van der Waals surface area contributed by atoms with Crippen LogP contribution in [0.25, 0.3) is 0 Å². The van der Waals surface area contributed by atoms with E-state index in [1.165, 1.54) is 34.0 Å². The monoisotopic (exact) mass is 556 g/mol. The van der Waals surface area contributed by atoms with E-state index in [4.69, 9.17) is 28.0 Å². The summed E-state index contributed by atoms with van der Waals surface area (Å²) in [5.41, 5.74) is 0.